The molecule has 8 heteroatoms. The Hall–Kier alpha value is -3.62. The molecule has 0 atom stereocenters. The second-order valence-electron chi connectivity index (χ2n) is 7.77. The van der Waals surface area contributed by atoms with Crippen molar-refractivity contribution < 1.29 is 4.79 Å². The minimum absolute atomic E-state index is 0.118. The molecule has 0 saturated heterocycles. The Balaban J connectivity index is 1.27. The van der Waals surface area contributed by atoms with Crippen molar-refractivity contribution in [2.24, 2.45) is 0 Å². The number of benzene rings is 3. The predicted molar refractivity (Wildman–Crippen MR) is 136 cm³/mol. The summed E-state index contributed by atoms with van der Waals surface area (Å²) >= 11 is 6.80. The van der Waals surface area contributed by atoms with Gasteiger partial charge in [-0.1, -0.05) is 60.2 Å². The highest BCUT2D eigenvalue weighted by Gasteiger charge is 2.13. The molecule has 2 N–H and O–H groups in total. The van der Waals surface area contributed by atoms with Crippen LogP contribution in [0.2, 0.25) is 0 Å². The number of hydrogen-bond donors (Lipinski definition) is 2. The number of nitrogens with zero attached hydrogens (tertiary/aromatic N) is 3. The second-order valence-corrected chi connectivity index (χ2v) is 9.02. The van der Waals surface area contributed by atoms with Gasteiger partial charge in [-0.2, -0.15) is 5.10 Å². The number of rotatable bonds is 6. The Kier molecular flexibility index (Phi) is 5.85. The molecule has 2 aromatic heterocycles. The number of nitrogens with one attached hydrogen (secondary N) is 2. The molecule has 1 amide bonds. The molecule has 164 valence electrons. The van der Waals surface area contributed by atoms with E-state index < -0.39 is 0 Å². The Morgan fingerprint density at radius 1 is 1.06 bits per heavy atom. The topological polar surface area (TPSA) is 75.6 Å². The summed E-state index contributed by atoms with van der Waals surface area (Å²) in [6, 6.07) is 22.5. The van der Waals surface area contributed by atoms with E-state index in [9.17, 15) is 4.79 Å². The van der Waals surface area contributed by atoms with Crippen molar-refractivity contribution in [2.45, 2.75) is 19.9 Å². The average molecular weight is 472 g/mol. The molecule has 0 aliphatic rings. The van der Waals surface area contributed by atoms with Gasteiger partial charge in [0, 0.05) is 29.5 Å². The van der Waals surface area contributed by atoms with E-state index >= 15 is 0 Å². The zero-order valence-corrected chi connectivity index (χ0v) is 19.5. The number of hydrogen-bond acceptors (Lipinski definition) is 5. The highest BCUT2D eigenvalue weighted by molar-refractivity contribution is 7.71. The molecule has 5 aromatic rings. The minimum Gasteiger partial charge on any atom is -0.302 e. The standard InChI is InChI=1S/C25H21N5OS2/c1-16-5-4-8-20(13-16)23-28-29-25(32)30(23)12-11-22(31)27-24-26-21(15-33-24)19-10-9-17-6-2-3-7-18(17)14-19/h2-10,13-15H,11-12H2,1H3,(H,29,32)(H,26,27,31). The lowest BCUT2D eigenvalue weighted by atomic mass is 10.1. The quantitative estimate of drug-likeness (QED) is 0.288. The monoisotopic (exact) mass is 471 g/mol. The lowest BCUT2D eigenvalue weighted by Gasteiger charge is -2.07. The van der Waals surface area contributed by atoms with Crippen molar-refractivity contribution in [3.8, 4) is 22.6 Å². The van der Waals surface area contributed by atoms with Gasteiger partial charge in [-0.15, -0.1) is 11.3 Å². The summed E-state index contributed by atoms with van der Waals surface area (Å²) in [6.07, 6.45) is 0.261. The van der Waals surface area contributed by atoms with E-state index in [1.165, 1.54) is 16.7 Å². The summed E-state index contributed by atoms with van der Waals surface area (Å²) in [4.78, 5) is 17.2. The number of thiazole rings is 1. The van der Waals surface area contributed by atoms with Crippen LogP contribution in [0.3, 0.4) is 0 Å². The first-order valence-corrected chi connectivity index (χ1v) is 11.8. The number of carbonyl (C=O) groups excluding carboxylic acids is 1. The molecule has 0 bridgehead atoms. The maximum atomic E-state index is 12.6. The normalized spacial score (nSPS) is 11.1. The van der Waals surface area contributed by atoms with Gasteiger partial charge >= 0.3 is 0 Å². The molecule has 0 radical (unpaired) electrons. The summed E-state index contributed by atoms with van der Waals surface area (Å²) in [7, 11) is 0. The van der Waals surface area contributed by atoms with Gasteiger partial charge < -0.3 is 5.32 Å². The van der Waals surface area contributed by atoms with Gasteiger partial charge in [-0.05, 0) is 42.0 Å². The lowest BCUT2D eigenvalue weighted by molar-refractivity contribution is -0.116. The van der Waals surface area contributed by atoms with Gasteiger partial charge in [0.15, 0.2) is 15.7 Å². The van der Waals surface area contributed by atoms with E-state index in [-0.39, 0.29) is 12.3 Å². The van der Waals surface area contributed by atoms with Gasteiger partial charge in [0.05, 0.1) is 5.69 Å². The molecule has 0 aliphatic carbocycles. The van der Waals surface area contributed by atoms with Crippen molar-refractivity contribution in [3.63, 3.8) is 0 Å². The summed E-state index contributed by atoms with van der Waals surface area (Å²) in [5.74, 6) is 0.608. The third kappa shape index (κ3) is 4.62. The first-order chi connectivity index (χ1) is 16.1. The van der Waals surface area contributed by atoms with Crippen molar-refractivity contribution in [2.75, 3.05) is 5.32 Å². The first-order valence-electron chi connectivity index (χ1n) is 10.5. The van der Waals surface area contributed by atoms with Crippen LogP contribution >= 0.6 is 23.6 Å². The SMILES string of the molecule is Cc1cccc(-c2n[nH]c(=S)n2CCC(=O)Nc2nc(-c3ccc4ccccc4c3)cs2)c1. The van der Waals surface area contributed by atoms with Crippen LogP contribution in [-0.2, 0) is 11.3 Å². The summed E-state index contributed by atoms with van der Waals surface area (Å²) in [6.45, 7) is 2.45. The average Bonchev–Trinajstić information content (AvgIpc) is 3.44. The van der Waals surface area contributed by atoms with Gasteiger partial charge in [0.25, 0.3) is 0 Å². The van der Waals surface area contributed by atoms with Crippen LogP contribution in [-0.4, -0.2) is 25.7 Å². The van der Waals surface area contributed by atoms with Crippen LogP contribution in [0, 0.1) is 11.7 Å². The molecule has 6 nitrogen and oxygen atoms in total. The third-order valence-electron chi connectivity index (χ3n) is 5.39. The zero-order valence-electron chi connectivity index (χ0n) is 17.9. The van der Waals surface area contributed by atoms with Crippen LogP contribution < -0.4 is 5.32 Å². The van der Waals surface area contributed by atoms with Crippen molar-refractivity contribution in [3.05, 3.63) is 82.4 Å². The van der Waals surface area contributed by atoms with Crippen LogP contribution in [0.5, 0.6) is 0 Å². The first kappa shape index (κ1) is 21.2. The van der Waals surface area contributed by atoms with E-state index in [0.717, 1.165) is 33.6 Å². The zero-order chi connectivity index (χ0) is 22.8. The Bertz CT molecular complexity index is 1510. The van der Waals surface area contributed by atoms with E-state index in [0.29, 0.717) is 16.4 Å². The highest BCUT2D eigenvalue weighted by Crippen LogP contribution is 2.28. The van der Waals surface area contributed by atoms with E-state index in [1.54, 1.807) is 0 Å². The Morgan fingerprint density at radius 3 is 2.76 bits per heavy atom. The largest absolute Gasteiger partial charge is 0.302 e. The highest BCUT2D eigenvalue weighted by atomic mass is 32.1. The minimum atomic E-state index is -0.118. The van der Waals surface area contributed by atoms with Crippen LogP contribution in [0.1, 0.15) is 12.0 Å². The smallest absolute Gasteiger partial charge is 0.227 e. The van der Waals surface area contributed by atoms with Crippen LogP contribution in [0.25, 0.3) is 33.4 Å². The molecule has 0 saturated carbocycles. The molecular formula is C25H21N5OS2. The van der Waals surface area contributed by atoms with Crippen LogP contribution in [0.15, 0.2) is 72.1 Å². The molecule has 0 spiro atoms. The Morgan fingerprint density at radius 2 is 1.91 bits per heavy atom. The summed E-state index contributed by atoms with van der Waals surface area (Å²) < 4.78 is 2.35. The molecule has 33 heavy (non-hydrogen) atoms. The number of aromatic nitrogens is 4. The second kappa shape index (κ2) is 9.09. The van der Waals surface area contributed by atoms with Gasteiger partial charge in [-0.25, -0.2) is 4.98 Å². The van der Waals surface area contributed by atoms with Gasteiger partial charge in [0.2, 0.25) is 5.91 Å². The molecule has 0 unspecified atom stereocenters. The number of carbonyl (C=O) groups is 1. The number of fused-ring (bicyclic) bond motifs is 1. The molecule has 3 aromatic carbocycles. The fraction of sp³-hybridized carbons (Fsp3) is 0.120. The molecule has 5 rings (SSSR count). The molecule has 0 aliphatic heterocycles. The summed E-state index contributed by atoms with van der Waals surface area (Å²) in [5.41, 5.74) is 3.97. The fourth-order valence-electron chi connectivity index (χ4n) is 3.74. The Labute approximate surface area is 200 Å². The van der Waals surface area contributed by atoms with E-state index in [4.69, 9.17) is 12.2 Å². The van der Waals surface area contributed by atoms with Crippen molar-refractivity contribution >= 4 is 45.4 Å². The number of aromatic amines is 1. The van der Waals surface area contributed by atoms with E-state index in [1.807, 2.05) is 53.3 Å². The molecular weight excluding hydrogens is 450 g/mol. The molecule has 0 fully saturated rings. The van der Waals surface area contributed by atoms with Crippen molar-refractivity contribution in [1.82, 2.24) is 19.7 Å². The molecule has 2 heterocycles. The number of H-pyrrole nitrogens is 1. The predicted octanol–water partition coefficient (Wildman–Crippen LogP) is 6.22. The van der Waals surface area contributed by atoms with Crippen LogP contribution in [0.4, 0.5) is 5.13 Å². The number of anilines is 1. The van der Waals surface area contributed by atoms with Crippen molar-refractivity contribution in [1.29, 1.82) is 0 Å². The maximum Gasteiger partial charge on any atom is 0.227 e. The van der Waals surface area contributed by atoms with Gasteiger partial charge in [0.1, 0.15) is 0 Å². The van der Waals surface area contributed by atoms with Gasteiger partial charge in [-0.3, -0.25) is 14.5 Å². The van der Waals surface area contributed by atoms with E-state index in [2.05, 4.69) is 50.8 Å². The summed E-state index contributed by atoms with van der Waals surface area (Å²) in [5, 5.41) is 15.0. The fourth-order valence-corrected chi connectivity index (χ4v) is 4.70. The third-order valence-corrected chi connectivity index (χ3v) is 6.46. The number of aryl methyl sites for hydroxylation is 1. The maximum absolute atomic E-state index is 12.6. The number of amides is 1. The lowest BCUT2D eigenvalue weighted by Crippen LogP contribution is -2.15.